The molecule has 0 fully saturated rings. The van der Waals surface area contributed by atoms with Crippen LogP contribution in [0.15, 0.2) is 247 Å². The predicted octanol–water partition coefficient (Wildman–Crippen LogP) is 17.2. The van der Waals surface area contributed by atoms with Crippen LogP contribution in [0, 0.1) is 5.82 Å². The molecule has 3 heteroatoms. The number of nitrogens with zero attached hydrogens (tertiary/aromatic N) is 1. The summed E-state index contributed by atoms with van der Waals surface area (Å²) in [6, 6.07) is 82.8. The van der Waals surface area contributed by atoms with Gasteiger partial charge in [-0.1, -0.05) is 200 Å². The lowest BCUT2D eigenvalue weighted by atomic mass is 9.95. The Labute approximate surface area is 366 Å². The lowest BCUT2D eigenvalue weighted by Gasteiger charge is -2.29. The van der Waals surface area contributed by atoms with Crippen molar-refractivity contribution in [3.8, 4) is 66.8 Å². The van der Waals surface area contributed by atoms with Gasteiger partial charge >= 0.3 is 0 Å². The minimum absolute atomic E-state index is 0.310. The number of anilines is 3. The van der Waals surface area contributed by atoms with Gasteiger partial charge in [0.15, 0.2) is 0 Å². The molecule has 1 heterocycles. The van der Waals surface area contributed by atoms with Crippen LogP contribution in [-0.2, 0) is 0 Å². The number of para-hydroxylation sites is 2. The Morgan fingerprint density at radius 2 is 0.683 bits per heavy atom. The van der Waals surface area contributed by atoms with Crippen LogP contribution in [0.2, 0.25) is 0 Å². The number of fused-ring (bicyclic) bond motifs is 3. The predicted molar refractivity (Wildman–Crippen MR) is 261 cm³/mol. The Kier molecular flexibility index (Phi) is 9.76. The number of hydrogen-bond acceptors (Lipinski definition) is 2. The van der Waals surface area contributed by atoms with Gasteiger partial charge in [-0.3, -0.25) is 0 Å². The zero-order valence-corrected chi connectivity index (χ0v) is 34.3. The molecule has 298 valence electrons. The van der Waals surface area contributed by atoms with Crippen LogP contribution in [0.3, 0.4) is 0 Å². The molecular weight excluding hydrogens is 770 g/mol. The summed E-state index contributed by atoms with van der Waals surface area (Å²) >= 11 is 0. The molecule has 0 saturated carbocycles. The van der Waals surface area contributed by atoms with Crippen LogP contribution in [-0.4, -0.2) is 0 Å². The molecule has 11 aromatic rings. The first-order valence-corrected chi connectivity index (χ1v) is 21.3. The van der Waals surface area contributed by atoms with Crippen LogP contribution >= 0.6 is 0 Å². The quantitative estimate of drug-likeness (QED) is 0.144. The third kappa shape index (κ3) is 7.16. The van der Waals surface area contributed by atoms with Gasteiger partial charge in [-0.25, -0.2) is 4.39 Å². The van der Waals surface area contributed by atoms with Gasteiger partial charge in [0.2, 0.25) is 0 Å². The van der Waals surface area contributed by atoms with Crippen molar-refractivity contribution in [2.24, 2.45) is 0 Å². The Morgan fingerprint density at radius 3 is 1.22 bits per heavy atom. The summed E-state index contributed by atoms with van der Waals surface area (Å²) in [7, 11) is 0. The third-order valence-electron chi connectivity index (χ3n) is 12.0. The summed E-state index contributed by atoms with van der Waals surface area (Å²) in [6.07, 6.45) is 0. The summed E-state index contributed by atoms with van der Waals surface area (Å²) in [6.45, 7) is 0. The van der Waals surface area contributed by atoms with Crippen molar-refractivity contribution in [1.29, 1.82) is 0 Å². The number of furan rings is 1. The molecule has 0 spiro atoms. The van der Waals surface area contributed by atoms with Gasteiger partial charge in [-0.2, -0.15) is 0 Å². The minimum Gasteiger partial charge on any atom is -0.455 e. The fourth-order valence-corrected chi connectivity index (χ4v) is 8.86. The van der Waals surface area contributed by atoms with Gasteiger partial charge in [0, 0.05) is 38.8 Å². The monoisotopic (exact) mass is 809 g/mol. The molecule has 0 aliphatic heterocycles. The number of hydrogen-bond donors (Lipinski definition) is 0. The lowest BCUT2D eigenvalue weighted by Crippen LogP contribution is -2.13. The van der Waals surface area contributed by atoms with Crippen molar-refractivity contribution in [2.75, 3.05) is 4.90 Å². The van der Waals surface area contributed by atoms with Crippen molar-refractivity contribution in [2.45, 2.75) is 0 Å². The van der Waals surface area contributed by atoms with Gasteiger partial charge in [0.25, 0.3) is 0 Å². The fraction of sp³-hybridized carbons (Fsp3) is 0. The first kappa shape index (κ1) is 37.7. The largest absolute Gasteiger partial charge is 0.455 e. The zero-order valence-electron chi connectivity index (χ0n) is 34.3. The van der Waals surface area contributed by atoms with Gasteiger partial charge in [0.05, 0.1) is 5.69 Å². The third-order valence-corrected chi connectivity index (χ3v) is 12.0. The van der Waals surface area contributed by atoms with E-state index in [-0.39, 0.29) is 5.82 Å². The van der Waals surface area contributed by atoms with Crippen molar-refractivity contribution in [1.82, 2.24) is 0 Å². The molecule has 0 amide bonds. The van der Waals surface area contributed by atoms with E-state index in [0.717, 1.165) is 100 Å². The maximum atomic E-state index is 17.2. The summed E-state index contributed by atoms with van der Waals surface area (Å²) < 4.78 is 24.0. The van der Waals surface area contributed by atoms with Crippen LogP contribution in [0.4, 0.5) is 21.5 Å². The molecule has 0 unspecified atom stereocenters. The second-order valence-electron chi connectivity index (χ2n) is 15.8. The molecule has 0 aliphatic rings. The van der Waals surface area contributed by atoms with Crippen molar-refractivity contribution < 1.29 is 8.81 Å². The smallest absolute Gasteiger partial charge is 0.148 e. The highest BCUT2D eigenvalue weighted by molar-refractivity contribution is 6.13. The molecule has 63 heavy (non-hydrogen) atoms. The molecule has 0 N–H and O–H groups in total. The Bertz CT molecular complexity index is 3360. The molecule has 0 radical (unpaired) electrons. The molecule has 0 aliphatic carbocycles. The fourth-order valence-electron chi connectivity index (χ4n) is 8.86. The van der Waals surface area contributed by atoms with E-state index in [1.807, 2.05) is 89.8 Å². The first-order valence-electron chi connectivity index (χ1n) is 21.3. The van der Waals surface area contributed by atoms with E-state index in [2.05, 4.69) is 152 Å². The normalized spacial score (nSPS) is 11.3. The number of rotatable bonds is 9. The number of benzene rings is 10. The SMILES string of the molecule is Fc1cc(-c2ccccc2)cc(-c2ccccc2)c1N(c1ccc(-c2ccccc2)cc1)c1ccc(-c2cccc(-c3cccc4c3oc3c(-c5ccccc5)cccc34)c2)cc1. The van der Waals surface area contributed by atoms with E-state index < -0.39 is 0 Å². The highest BCUT2D eigenvalue weighted by Crippen LogP contribution is 2.46. The zero-order chi connectivity index (χ0) is 42.1. The van der Waals surface area contributed by atoms with Gasteiger partial charge in [-0.15, -0.1) is 0 Å². The summed E-state index contributed by atoms with van der Waals surface area (Å²) in [5.41, 5.74) is 16.1. The molecule has 11 rings (SSSR count). The van der Waals surface area contributed by atoms with Crippen LogP contribution < -0.4 is 4.90 Å². The average Bonchev–Trinajstić information content (AvgIpc) is 3.75. The highest BCUT2D eigenvalue weighted by Gasteiger charge is 2.23. The highest BCUT2D eigenvalue weighted by atomic mass is 19.1. The lowest BCUT2D eigenvalue weighted by molar-refractivity contribution is 0.630. The molecule has 0 atom stereocenters. The maximum absolute atomic E-state index is 17.2. The van der Waals surface area contributed by atoms with E-state index in [1.54, 1.807) is 6.07 Å². The van der Waals surface area contributed by atoms with Crippen LogP contribution in [0.25, 0.3) is 88.7 Å². The molecule has 0 bridgehead atoms. The van der Waals surface area contributed by atoms with Gasteiger partial charge in [-0.05, 0) is 92.5 Å². The Morgan fingerprint density at radius 1 is 0.286 bits per heavy atom. The Hall–Kier alpha value is -8.27. The Balaban J connectivity index is 1.01. The summed E-state index contributed by atoms with van der Waals surface area (Å²) in [4.78, 5) is 2.05. The van der Waals surface area contributed by atoms with Crippen molar-refractivity contribution in [3.63, 3.8) is 0 Å². The summed E-state index contributed by atoms with van der Waals surface area (Å²) in [5, 5.41) is 2.19. The molecule has 10 aromatic carbocycles. The molecular formula is C60H40FNO. The topological polar surface area (TPSA) is 16.4 Å². The van der Waals surface area contributed by atoms with Crippen LogP contribution in [0.1, 0.15) is 0 Å². The van der Waals surface area contributed by atoms with Crippen LogP contribution in [0.5, 0.6) is 0 Å². The van der Waals surface area contributed by atoms with E-state index in [4.69, 9.17) is 4.42 Å². The average molecular weight is 810 g/mol. The van der Waals surface area contributed by atoms with E-state index >= 15 is 4.39 Å². The first-order chi connectivity index (χ1) is 31.2. The minimum atomic E-state index is -0.310. The second kappa shape index (κ2) is 16.3. The summed E-state index contributed by atoms with van der Waals surface area (Å²) in [5.74, 6) is -0.310. The van der Waals surface area contributed by atoms with E-state index in [1.165, 1.54) is 0 Å². The molecule has 0 saturated heterocycles. The molecule has 1 aromatic heterocycles. The van der Waals surface area contributed by atoms with Crippen molar-refractivity contribution >= 4 is 39.0 Å². The van der Waals surface area contributed by atoms with E-state index in [9.17, 15) is 0 Å². The standard InChI is InChI=1S/C60H40FNO/c61-57-40-49(42-18-7-2-8-19-42)39-56(46-22-11-4-12-23-46)58(57)62(50-34-30-43(31-35-50)41-16-5-1-6-17-41)51-36-32-44(33-37-51)47-24-13-25-48(38-47)53-27-15-29-55-54-28-14-26-52(59(54)63-60(53)55)45-20-9-3-10-21-45/h1-40H. The number of halogens is 1. The van der Waals surface area contributed by atoms with Gasteiger partial charge < -0.3 is 9.32 Å². The van der Waals surface area contributed by atoms with E-state index in [0.29, 0.717) is 5.69 Å². The van der Waals surface area contributed by atoms with Crippen molar-refractivity contribution in [3.05, 3.63) is 248 Å². The maximum Gasteiger partial charge on any atom is 0.148 e. The van der Waals surface area contributed by atoms with Gasteiger partial charge in [0.1, 0.15) is 17.0 Å². The molecule has 2 nitrogen and oxygen atoms in total. The second-order valence-corrected chi connectivity index (χ2v) is 15.8.